The molecule has 0 fully saturated rings. The highest BCUT2D eigenvalue weighted by molar-refractivity contribution is 7.47. The van der Waals surface area contributed by atoms with Gasteiger partial charge in [-0.25, -0.2) is 9.13 Å². The van der Waals surface area contributed by atoms with Gasteiger partial charge in [0.05, 0.1) is 26.4 Å². The van der Waals surface area contributed by atoms with Gasteiger partial charge in [0.25, 0.3) is 0 Å². The van der Waals surface area contributed by atoms with Gasteiger partial charge in [-0.1, -0.05) is 347 Å². The summed E-state index contributed by atoms with van der Waals surface area (Å²) in [4.78, 5) is 72.9. The van der Waals surface area contributed by atoms with E-state index in [9.17, 15) is 43.2 Å². The monoisotopic (exact) mass is 1430 g/mol. The fourth-order valence-corrected chi connectivity index (χ4v) is 13.3. The first kappa shape index (κ1) is 95.5. The van der Waals surface area contributed by atoms with Crippen molar-refractivity contribution in [3.8, 4) is 0 Å². The molecular formula is C79H150O17P2. The van der Waals surface area contributed by atoms with E-state index in [1.165, 1.54) is 212 Å². The van der Waals surface area contributed by atoms with Crippen molar-refractivity contribution in [3.63, 3.8) is 0 Å². The van der Waals surface area contributed by atoms with E-state index in [0.717, 1.165) is 109 Å². The molecule has 0 rings (SSSR count). The summed E-state index contributed by atoms with van der Waals surface area (Å²) >= 11 is 0. The fourth-order valence-electron chi connectivity index (χ4n) is 11.7. The van der Waals surface area contributed by atoms with E-state index in [0.29, 0.717) is 25.7 Å². The highest BCUT2D eigenvalue weighted by Crippen LogP contribution is 2.45. The largest absolute Gasteiger partial charge is 0.472 e. The lowest BCUT2D eigenvalue weighted by molar-refractivity contribution is -0.161. The smallest absolute Gasteiger partial charge is 0.462 e. The van der Waals surface area contributed by atoms with Crippen LogP contribution in [0, 0.1) is 0 Å². The number of hydrogen-bond donors (Lipinski definition) is 3. The Labute approximate surface area is 599 Å². The minimum absolute atomic E-state index is 0.102. The molecule has 0 aliphatic carbocycles. The van der Waals surface area contributed by atoms with E-state index in [1.807, 2.05) is 0 Å². The lowest BCUT2D eigenvalue weighted by Gasteiger charge is -2.21. The molecule has 98 heavy (non-hydrogen) atoms. The highest BCUT2D eigenvalue weighted by atomic mass is 31.2. The molecule has 0 heterocycles. The lowest BCUT2D eigenvalue weighted by atomic mass is 10.0. The van der Waals surface area contributed by atoms with Gasteiger partial charge in [-0.3, -0.25) is 37.3 Å². The van der Waals surface area contributed by atoms with Crippen LogP contribution in [0.25, 0.3) is 0 Å². The third kappa shape index (κ3) is 71.9. The summed E-state index contributed by atoms with van der Waals surface area (Å²) in [6.07, 6.45) is 67.3. The van der Waals surface area contributed by atoms with Gasteiger partial charge >= 0.3 is 39.5 Å². The van der Waals surface area contributed by atoms with Gasteiger partial charge in [-0.2, -0.15) is 0 Å². The van der Waals surface area contributed by atoms with Crippen molar-refractivity contribution in [2.45, 2.75) is 418 Å². The number of rotatable bonds is 78. The second-order valence-corrected chi connectivity index (χ2v) is 30.7. The molecule has 578 valence electrons. The maximum Gasteiger partial charge on any atom is 0.472 e. The fraction of sp³-hybridized carbons (Fsp3) is 0.899. The van der Waals surface area contributed by atoms with Gasteiger partial charge in [0.2, 0.25) is 0 Å². The molecule has 3 N–H and O–H groups in total. The van der Waals surface area contributed by atoms with Crippen LogP contribution >= 0.6 is 15.6 Å². The number of unbranched alkanes of at least 4 members (excludes halogenated alkanes) is 49. The molecule has 0 radical (unpaired) electrons. The van der Waals surface area contributed by atoms with E-state index in [2.05, 4.69) is 52.0 Å². The van der Waals surface area contributed by atoms with E-state index >= 15 is 0 Å². The Hall–Kier alpha value is -2.46. The molecule has 5 atom stereocenters. The molecule has 0 aromatic rings. The molecule has 0 amide bonds. The molecule has 0 saturated carbocycles. The van der Waals surface area contributed by atoms with Crippen molar-refractivity contribution in [3.05, 3.63) is 24.3 Å². The molecule has 0 aliphatic heterocycles. The average molecular weight is 1430 g/mol. The molecule has 2 unspecified atom stereocenters. The van der Waals surface area contributed by atoms with Crippen LogP contribution in [0.5, 0.6) is 0 Å². The van der Waals surface area contributed by atoms with Crippen LogP contribution in [-0.4, -0.2) is 96.7 Å². The molecule has 0 aromatic carbocycles. The van der Waals surface area contributed by atoms with Gasteiger partial charge in [0.15, 0.2) is 12.2 Å². The van der Waals surface area contributed by atoms with Gasteiger partial charge in [-0.05, 0) is 51.4 Å². The third-order valence-electron chi connectivity index (χ3n) is 18.0. The zero-order valence-corrected chi connectivity index (χ0v) is 65.0. The Morgan fingerprint density at radius 1 is 0.286 bits per heavy atom. The minimum atomic E-state index is -4.97. The summed E-state index contributed by atoms with van der Waals surface area (Å²) in [6.45, 7) is 4.94. The minimum Gasteiger partial charge on any atom is -0.462 e. The first-order valence-electron chi connectivity index (χ1n) is 40.6. The van der Waals surface area contributed by atoms with Crippen LogP contribution in [0.2, 0.25) is 0 Å². The van der Waals surface area contributed by atoms with Crippen LogP contribution in [-0.2, 0) is 65.4 Å². The number of carbonyl (C=O) groups is 4. The maximum absolute atomic E-state index is 13.1. The van der Waals surface area contributed by atoms with E-state index in [-0.39, 0.29) is 25.7 Å². The number of carbonyl (C=O) groups excluding carboxylic acids is 4. The number of esters is 4. The number of allylic oxidation sites excluding steroid dienone is 4. The Bertz CT molecular complexity index is 1950. The van der Waals surface area contributed by atoms with Crippen LogP contribution in [0.4, 0.5) is 0 Å². The summed E-state index contributed by atoms with van der Waals surface area (Å²) in [5.74, 6) is -2.14. The summed E-state index contributed by atoms with van der Waals surface area (Å²) in [6, 6.07) is 0. The quantitative estimate of drug-likeness (QED) is 0.0169. The van der Waals surface area contributed by atoms with Crippen molar-refractivity contribution in [2.24, 2.45) is 0 Å². The molecule has 0 spiro atoms. The standard InChI is InChI=1S/C79H150O17P2/c1-5-9-13-17-21-25-29-32-34-35-36-37-38-40-43-46-50-54-58-62-66-79(84)96-75(70-90-77(82)64-60-56-52-48-44-42-39-33-30-26-22-18-14-10-6-2)72-94-98(87,88)92-68-73(80)67-91-97(85,86)93-71-74(69-89-76(81)63-59-55-51-47-28-24-20-16-12-8-4)95-78(83)65-61-57-53-49-45-41-31-27-23-19-15-11-7-3/h26,30,33,39,73-75,80H,5-25,27-29,31-32,34-38,40-72H2,1-4H3,(H,85,86)(H,87,88)/b30-26-,39-33-/t73-,74+,75+/m0/s1. The second kappa shape index (κ2) is 72.9. The van der Waals surface area contributed by atoms with E-state index in [4.69, 9.17) is 37.0 Å². The summed E-state index contributed by atoms with van der Waals surface area (Å²) < 4.78 is 68.6. The highest BCUT2D eigenvalue weighted by Gasteiger charge is 2.30. The zero-order valence-electron chi connectivity index (χ0n) is 63.2. The number of aliphatic hydroxyl groups is 1. The lowest BCUT2D eigenvalue weighted by Crippen LogP contribution is -2.30. The van der Waals surface area contributed by atoms with Crippen LogP contribution in [0.15, 0.2) is 24.3 Å². The number of ether oxygens (including phenoxy) is 4. The number of phosphoric acid groups is 2. The first-order chi connectivity index (χ1) is 47.7. The van der Waals surface area contributed by atoms with E-state index < -0.39 is 97.5 Å². The van der Waals surface area contributed by atoms with Crippen LogP contribution < -0.4 is 0 Å². The first-order valence-corrected chi connectivity index (χ1v) is 43.6. The molecule has 19 heteroatoms. The van der Waals surface area contributed by atoms with Crippen LogP contribution in [0.1, 0.15) is 400 Å². The van der Waals surface area contributed by atoms with Crippen molar-refractivity contribution in [1.82, 2.24) is 0 Å². The molecule has 0 saturated heterocycles. The summed E-state index contributed by atoms with van der Waals surface area (Å²) in [5, 5.41) is 10.6. The Kier molecular flexibility index (Phi) is 71.0. The Morgan fingerprint density at radius 3 is 0.745 bits per heavy atom. The molecule has 17 nitrogen and oxygen atoms in total. The number of hydrogen-bond acceptors (Lipinski definition) is 15. The van der Waals surface area contributed by atoms with Crippen molar-refractivity contribution < 1.29 is 80.2 Å². The van der Waals surface area contributed by atoms with Gasteiger partial charge in [0.1, 0.15) is 19.3 Å². The summed E-state index contributed by atoms with van der Waals surface area (Å²) in [7, 11) is -9.92. The average Bonchev–Trinajstić information content (AvgIpc) is 1.43. The maximum atomic E-state index is 13.1. The second-order valence-electron chi connectivity index (χ2n) is 27.8. The SMILES string of the molecule is CCCCCC/C=C\C=C/CCCCCCCC(=O)OC[C@H](COP(=O)(O)OC[C@@H](O)COP(=O)(O)OC[C@@H](COC(=O)CCCCCCCCCCCC)OC(=O)CCCCCCCCCCCCCCC)OC(=O)CCCCCCCCCCCCCCCCCCCCCC. The van der Waals surface area contributed by atoms with Gasteiger partial charge in [0, 0.05) is 25.7 Å². The molecular weight excluding hydrogens is 1280 g/mol. The molecule has 0 aromatic heterocycles. The number of phosphoric ester groups is 2. The van der Waals surface area contributed by atoms with Crippen molar-refractivity contribution in [2.75, 3.05) is 39.6 Å². The Morgan fingerprint density at radius 2 is 0.490 bits per heavy atom. The Balaban J connectivity index is 5.25. The van der Waals surface area contributed by atoms with Gasteiger partial charge in [-0.15, -0.1) is 0 Å². The van der Waals surface area contributed by atoms with Crippen LogP contribution in [0.3, 0.4) is 0 Å². The topological polar surface area (TPSA) is 237 Å². The predicted molar refractivity (Wildman–Crippen MR) is 400 cm³/mol. The normalized spacial score (nSPS) is 14.0. The van der Waals surface area contributed by atoms with E-state index in [1.54, 1.807) is 0 Å². The summed E-state index contributed by atoms with van der Waals surface area (Å²) in [5.41, 5.74) is 0. The molecule has 0 aliphatic rings. The van der Waals surface area contributed by atoms with Gasteiger partial charge < -0.3 is 33.8 Å². The predicted octanol–water partition coefficient (Wildman–Crippen LogP) is 23.3. The zero-order chi connectivity index (χ0) is 71.8. The number of aliphatic hydroxyl groups excluding tert-OH is 1. The molecule has 0 bridgehead atoms. The van der Waals surface area contributed by atoms with Crippen molar-refractivity contribution in [1.29, 1.82) is 0 Å². The third-order valence-corrected chi connectivity index (χ3v) is 19.9. The van der Waals surface area contributed by atoms with Crippen molar-refractivity contribution >= 4 is 39.5 Å².